The summed E-state index contributed by atoms with van der Waals surface area (Å²) >= 11 is 0. The van der Waals surface area contributed by atoms with Crippen LogP contribution in [0.2, 0.25) is 0 Å². The molecule has 0 radical (unpaired) electrons. The van der Waals surface area contributed by atoms with Crippen molar-refractivity contribution in [3.8, 4) is 0 Å². The van der Waals surface area contributed by atoms with Gasteiger partial charge in [-0.1, -0.05) is 59.1 Å². The van der Waals surface area contributed by atoms with E-state index in [1.807, 2.05) is 13.8 Å². The lowest BCUT2D eigenvalue weighted by molar-refractivity contribution is 0.0595. The highest BCUT2D eigenvalue weighted by Gasteiger charge is 2.52. The molecule has 4 atom stereocenters. The van der Waals surface area contributed by atoms with Crippen LogP contribution in [0.15, 0.2) is 12.2 Å². The Morgan fingerprint density at radius 1 is 1.08 bits per heavy atom. The van der Waals surface area contributed by atoms with Crippen molar-refractivity contribution in [2.45, 2.75) is 111 Å². The summed E-state index contributed by atoms with van der Waals surface area (Å²) in [5, 5.41) is 9.92. The second-order valence-corrected chi connectivity index (χ2v) is 10.8. The molecule has 0 saturated heterocycles. The summed E-state index contributed by atoms with van der Waals surface area (Å²) in [5.41, 5.74) is 1.99. The number of unbranched alkanes of at least 4 members (excludes halogenated alkanes) is 1. The molecule has 0 amide bonds. The topological polar surface area (TPSA) is 20.2 Å². The third-order valence-corrected chi connectivity index (χ3v) is 7.83. The Kier molecular flexibility index (Phi) is 6.51. The molecule has 1 N–H and O–H groups in total. The molecule has 2 aliphatic rings. The van der Waals surface area contributed by atoms with Crippen LogP contribution in [-0.2, 0) is 0 Å². The summed E-state index contributed by atoms with van der Waals surface area (Å²) in [6.45, 7) is 18.4. The fourth-order valence-electron chi connectivity index (χ4n) is 6.32. The van der Waals surface area contributed by atoms with E-state index in [0.717, 1.165) is 30.6 Å². The molecule has 0 bridgehead atoms. The van der Waals surface area contributed by atoms with Gasteiger partial charge in [0.15, 0.2) is 0 Å². The molecule has 0 aromatic rings. The van der Waals surface area contributed by atoms with Gasteiger partial charge in [-0.15, -0.1) is 0 Å². The Morgan fingerprint density at radius 3 is 2.36 bits per heavy atom. The first kappa shape index (κ1) is 21.0. The summed E-state index contributed by atoms with van der Waals surface area (Å²) in [4.78, 5) is 0. The standard InChI is InChI=1S/C24H44O/c1-8-15-22(3,4)20-14-17-24(7)19(12-13-21(24)18(20)2)11-9-10-16-23(5,6)25/h19-21,25H,2,8-17H2,1,3-7H3/t19-,20-,21-,24+/m0/s1. The number of fused-ring (bicyclic) bond motifs is 1. The largest absolute Gasteiger partial charge is 0.390 e. The van der Waals surface area contributed by atoms with E-state index in [2.05, 4.69) is 34.3 Å². The lowest BCUT2D eigenvalue weighted by atomic mass is 9.55. The highest BCUT2D eigenvalue weighted by atomic mass is 16.3. The van der Waals surface area contributed by atoms with Crippen molar-refractivity contribution < 1.29 is 5.11 Å². The van der Waals surface area contributed by atoms with Crippen LogP contribution in [0.1, 0.15) is 106 Å². The maximum absolute atomic E-state index is 9.92. The Hall–Kier alpha value is -0.300. The van der Waals surface area contributed by atoms with Crippen LogP contribution < -0.4 is 0 Å². The highest BCUT2D eigenvalue weighted by Crippen LogP contribution is 2.62. The van der Waals surface area contributed by atoms with E-state index in [9.17, 15) is 5.11 Å². The van der Waals surface area contributed by atoms with Gasteiger partial charge in [0.1, 0.15) is 0 Å². The quantitative estimate of drug-likeness (QED) is 0.365. The van der Waals surface area contributed by atoms with Gasteiger partial charge < -0.3 is 5.11 Å². The Morgan fingerprint density at radius 2 is 1.76 bits per heavy atom. The molecule has 0 aromatic heterocycles. The van der Waals surface area contributed by atoms with E-state index in [1.165, 1.54) is 51.4 Å². The summed E-state index contributed by atoms with van der Waals surface area (Å²) in [6.07, 6.45) is 12.8. The zero-order valence-electron chi connectivity index (χ0n) is 18.0. The minimum absolute atomic E-state index is 0.415. The molecule has 0 unspecified atom stereocenters. The molecule has 0 spiro atoms. The molecule has 1 heteroatoms. The van der Waals surface area contributed by atoms with Crippen molar-refractivity contribution in [3.63, 3.8) is 0 Å². The van der Waals surface area contributed by atoms with Crippen molar-refractivity contribution in [1.82, 2.24) is 0 Å². The van der Waals surface area contributed by atoms with Gasteiger partial charge in [-0.05, 0) is 87.4 Å². The molecule has 2 rings (SSSR count). The van der Waals surface area contributed by atoms with E-state index in [1.54, 1.807) is 5.57 Å². The van der Waals surface area contributed by atoms with E-state index >= 15 is 0 Å². The van der Waals surface area contributed by atoms with Crippen LogP contribution >= 0.6 is 0 Å². The van der Waals surface area contributed by atoms with Crippen molar-refractivity contribution in [3.05, 3.63) is 12.2 Å². The first-order chi connectivity index (χ1) is 11.5. The van der Waals surface area contributed by atoms with Crippen molar-refractivity contribution in [2.24, 2.45) is 28.6 Å². The lowest BCUT2D eigenvalue weighted by Gasteiger charge is -2.50. The average Bonchev–Trinajstić information content (AvgIpc) is 2.80. The summed E-state index contributed by atoms with van der Waals surface area (Å²) in [7, 11) is 0. The summed E-state index contributed by atoms with van der Waals surface area (Å²) in [6, 6.07) is 0. The summed E-state index contributed by atoms with van der Waals surface area (Å²) < 4.78 is 0. The number of rotatable bonds is 8. The van der Waals surface area contributed by atoms with Crippen molar-refractivity contribution in [2.75, 3.05) is 0 Å². The maximum Gasteiger partial charge on any atom is 0.0591 e. The molecule has 2 saturated carbocycles. The van der Waals surface area contributed by atoms with Gasteiger partial charge in [0.2, 0.25) is 0 Å². The molecule has 25 heavy (non-hydrogen) atoms. The van der Waals surface area contributed by atoms with Gasteiger partial charge >= 0.3 is 0 Å². The molecular formula is C24H44O. The second kappa shape index (κ2) is 7.75. The zero-order chi connectivity index (χ0) is 18.9. The van der Waals surface area contributed by atoms with E-state index in [0.29, 0.717) is 10.8 Å². The fourth-order valence-corrected chi connectivity index (χ4v) is 6.32. The zero-order valence-corrected chi connectivity index (χ0v) is 18.0. The Labute approximate surface area is 157 Å². The van der Waals surface area contributed by atoms with Gasteiger partial charge in [0.05, 0.1) is 5.60 Å². The number of aliphatic hydroxyl groups is 1. The van der Waals surface area contributed by atoms with Crippen LogP contribution in [0.25, 0.3) is 0 Å². The van der Waals surface area contributed by atoms with Crippen LogP contribution in [0.3, 0.4) is 0 Å². The number of hydrogen-bond acceptors (Lipinski definition) is 1. The van der Waals surface area contributed by atoms with Crippen LogP contribution in [0.4, 0.5) is 0 Å². The summed E-state index contributed by atoms with van der Waals surface area (Å²) in [5.74, 6) is 2.34. The fraction of sp³-hybridized carbons (Fsp3) is 0.917. The lowest BCUT2D eigenvalue weighted by Crippen LogP contribution is -2.40. The monoisotopic (exact) mass is 348 g/mol. The SMILES string of the molecule is C=C1[C@@H](C(C)(C)CCC)CC[C@]2(C)[C@@H](CCCCC(C)(C)O)CC[C@@H]12. The molecule has 0 heterocycles. The van der Waals surface area contributed by atoms with E-state index < -0.39 is 5.60 Å². The number of allylic oxidation sites excluding steroid dienone is 1. The van der Waals surface area contributed by atoms with Crippen LogP contribution in [0, 0.1) is 28.6 Å². The minimum atomic E-state index is -0.501. The predicted molar refractivity (Wildman–Crippen MR) is 110 cm³/mol. The minimum Gasteiger partial charge on any atom is -0.390 e. The molecule has 0 aliphatic heterocycles. The predicted octanol–water partition coefficient (Wildman–Crippen LogP) is 7.14. The molecule has 2 aliphatic carbocycles. The van der Waals surface area contributed by atoms with Crippen molar-refractivity contribution in [1.29, 1.82) is 0 Å². The molecular weight excluding hydrogens is 304 g/mol. The molecule has 0 aromatic carbocycles. The van der Waals surface area contributed by atoms with Crippen LogP contribution in [-0.4, -0.2) is 10.7 Å². The van der Waals surface area contributed by atoms with Crippen molar-refractivity contribution >= 4 is 0 Å². The Bertz CT molecular complexity index is 455. The van der Waals surface area contributed by atoms with Gasteiger partial charge in [-0.2, -0.15) is 0 Å². The molecule has 146 valence electrons. The van der Waals surface area contributed by atoms with Crippen LogP contribution in [0.5, 0.6) is 0 Å². The normalized spacial score (nSPS) is 33.6. The Balaban J connectivity index is 1.96. The first-order valence-electron chi connectivity index (χ1n) is 10.9. The van der Waals surface area contributed by atoms with Gasteiger partial charge in [-0.25, -0.2) is 0 Å². The van der Waals surface area contributed by atoms with Gasteiger partial charge in [0, 0.05) is 0 Å². The van der Waals surface area contributed by atoms with Gasteiger partial charge in [0.25, 0.3) is 0 Å². The third-order valence-electron chi connectivity index (χ3n) is 7.83. The number of hydrogen-bond donors (Lipinski definition) is 1. The van der Waals surface area contributed by atoms with E-state index in [-0.39, 0.29) is 0 Å². The van der Waals surface area contributed by atoms with E-state index in [4.69, 9.17) is 0 Å². The average molecular weight is 349 g/mol. The maximum atomic E-state index is 9.92. The molecule has 2 fully saturated rings. The van der Waals surface area contributed by atoms with Gasteiger partial charge in [-0.3, -0.25) is 0 Å². The molecule has 1 nitrogen and oxygen atoms in total. The second-order valence-electron chi connectivity index (χ2n) is 10.8. The first-order valence-corrected chi connectivity index (χ1v) is 10.9. The third kappa shape index (κ3) is 4.71. The highest BCUT2D eigenvalue weighted by molar-refractivity contribution is 5.20. The smallest absolute Gasteiger partial charge is 0.0591 e.